The highest BCUT2D eigenvalue weighted by atomic mass is 16.6. The molecule has 0 aliphatic carbocycles. The minimum Gasteiger partial charge on any atom is -0.449 e. The van der Waals surface area contributed by atoms with Crippen LogP contribution in [-0.2, 0) is 10.3 Å². The highest BCUT2D eigenvalue weighted by Crippen LogP contribution is 2.37. The summed E-state index contributed by atoms with van der Waals surface area (Å²) >= 11 is 0. The van der Waals surface area contributed by atoms with Crippen LogP contribution in [0.5, 0.6) is 0 Å². The number of aliphatic imine (C=N–C) groups is 1. The van der Waals surface area contributed by atoms with Gasteiger partial charge in [-0.15, -0.1) is 0 Å². The number of rotatable bonds is 1. The third-order valence-corrected chi connectivity index (χ3v) is 2.90. The molecule has 1 aromatic rings. The summed E-state index contributed by atoms with van der Waals surface area (Å²) in [5, 5.41) is 9.42. The van der Waals surface area contributed by atoms with Crippen LogP contribution in [0.2, 0.25) is 0 Å². The number of fused-ring (bicyclic) bond motifs is 1. The molecule has 0 fully saturated rings. The maximum Gasteiger partial charge on any atom is 0.416 e. The molecular formula is C13H13N3O2. The van der Waals surface area contributed by atoms with Gasteiger partial charge in [0.05, 0.1) is 18.4 Å². The normalized spacial score (nSPS) is 21.1. The largest absolute Gasteiger partial charge is 0.449 e. The quantitative estimate of drug-likeness (QED) is 0.761. The van der Waals surface area contributed by atoms with Gasteiger partial charge in [0.15, 0.2) is 5.54 Å². The number of amides is 1. The average Bonchev–Trinajstić information content (AvgIpc) is 2.39. The minimum atomic E-state index is -1.09. The van der Waals surface area contributed by atoms with Crippen molar-refractivity contribution in [2.45, 2.75) is 19.4 Å². The Labute approximate surface area is 105 Å². The van der Waals surface area contributed by atoms with Gasteiger partial charge in [0.1, 0.15) is 6.34 Å². The van der Waals surface area contributed by atoms with Gasteiger partial charge >= 0.3 is 6.09 Å². The van der Waals surface area contributed by atoms with E-state index in [1.165, 1.54) is 11.2 Å². The first-order valence-corrected chi connectivity index (χ1v) is 5.64. The highest BCUT2D eigenvalue weighted by Gasteiger charge is 2.41. The van der Waals surface area contributed by atoms with Crippen LogP contribution in [-0.4, -0.2) is 23.9 Å². The summed E-state index contributed by atoms with van der Waals surface area (Å²) in [4.78, 5) is 17.2. The van der Waals surface area contributed by atoms with Crippen molar-refractivity contribution >= 4 is 18.1 Å². The Bertz CT molecular complexity index is 547. The molecule has 2 rings (SSSR count). The van der Waals surface area contributed by atoms with Gasteiger partial charge in [-0.1, -0.05) is 18.2 Å². The number of carbonyl (C=O) groups is 1. The maximum atomic E-state index is 11.8. The summed E-state index contributed by atoms with van der Waals surface area (Å²) in [5.74, 6) is 0. The molecule has 1 heterocycles. The smallest absolute Gasteiger partial charge is 0.416 e. The summed E-state index contributed by atoms with van der Waals surface area (Å²) in [6.07, 6.45) is 0.781. The second-order valence-corrected chi connectivity index (χ2v) is 4.01. The van der Waals surface area contributed by atoms with Crippen LogP contribution in [0.3, 0.4) is 0 Å². The molecule has 0 radical (unpaired) electrons. The van der Waals surface area contributed by atoms with E-state index in [1.807, 2.05) is 18.2 Å². The molecule has 0 spiro atoms. The van der Waals surface area contributed by atoms with Gasteiger partial charge in [0.25, 0.3) is 0 Å². The SMILES string of the molecule is CCOC(=O)N1C=Nc2ccccc2C1(C)C#N. The van der Waals surface area contributed by atoms with Gasteiger partial charge in [0.2, 0.25) is 0 Å². The van der Waals surface area contributed by atoms with Gasteiger partial charge in [-0.05, 0) is 19.9 Å². The Kier molecular flexibility index (Phi) is 3.02. The van der Waals surface area contributed by atoms with Crippen LogP contribution >= 0.6 is 0 Å². The topological polar surface area (TPSA) is 65.7 Å². The van der Waals surface area contributed by atoms with E-state index >= 15 is 0 Å². The number of hydrogen-bond donors (Lipinski definition) is 0. The van der Waals surface area contributed by atoms with E-state index in [4.69, 9.17) is 4.74 Å². The van der Waals surface area contributed by atoms with Crippen molar-refractivity contribution < 1.29 is 9.53 Å². The summed E-state index contributed by atoms with van der Waals surface area (Å²) < 4.78 is 4.94. The number of nitriles is 1. The second-order valence-electron chi connectivity index (χ2n) is 4.01. The van der Waals surface area contributed by atoms with Gasteiger partial charge in [-0.25, -0.2) is 14.7 Å². The van der Waals surface area contributed by atoms with Crippen LogP contribution in [0.1, 0.15) is 19.4 Å². The molecule has 18 heavy (non-hydrogen) atoms. The average molecular weight is 243 g/mol. The van der Waals surface area contributed by atoms with E-state index in [-0.39, 0.29) is 6.61 Å². The lowest BCUT2D eigenvalue weighted by Crippen LogP contribution is -2.47. The van der Waals surface area contributed by atoms with Crippen LogP contribution in [0, 0.1) is 11.3 Å². The monoisotopic (exact) mass is 243 g/mol. The van der Waals surface area contributed by atoms with Crippen molar-refractivity contribution in [1.82, 2.24) is 4.90 Å². The maximum absolute atomic E-state index is 11.8. The van der Waals surface area contributed by atoms with Gasteiger partial charge in [-0.2, -0.15) is 5.26 Å². The van der Waals surface area contributed by atoms with Crippen molar-refractivity contribution in [2.75, 3.05) is 6.61 Å². The summed E-state index contributed by atoms with van der Waals surface area (Å²) in [6.45, 7) is 3.65. The molecule has 0 aromatic heterocycles. The predicted octanol–water partition coefficient (Wildman–Crippen LogP) is 2.56. The zero-order valence-corrected chi connectivity index (χ0v) is 10.3. The van der Waals surface area contributed by atoms with Crippen molar-refractivity contribution in [3.05, 3.63) is 29.8 Å². The molecule has 1 aliphatic heterocycles. The molecule has 1 aliphatic rings. The lowest BCUT2D eigenvalue weighted by Gasteiger charge is -2.35. The second kappa shape index (κ2) is 4.49. The molecule has 0 saturated carbocycles. The number of nitrogens with zero attached hydrogens (tertiary/aromatic N) is 3. The van der Waals surface area contributed by atoms with Crippen LogP contribution < -0.4 is 0 Å². The third-order valence-electron chi connectivity index (χ3n) is 2.90. The van der Waals surface area contributed by atoms with E-state index in [0.29, 0.717) is 11.3 Å². The van der Waals surface area contributed by atoms with Gasteiger partial charge < -0.3 is 4.74 Å². The van der Waals surface area contributed by atoms with E-state index in [1.54, 1.807) is 19.9 Å². The number of hydrogen-bond acceptors (Lipinski definition) is 4. The lowest BCUT2D eigenvalue weighted by molar-refractivity contribution is 0.109. The molecule has 5 heteroatoms. The van der Waals surface area contributed by atoms with E-state index in [9.17, 15) is 10.1 Å². The Hall–Kier alpha value is -2.35. The molecular weight excluding hydrogens is 230 g/mol. The highest BCUT2D eigenvalue weighted by molar-refractivity contribution is 5.88. The predicted molar refractivity (Wildman–Crippen MR) is 66.4 cm³/mol. The molecule has 1 aromatic carbocycles. The lowest BCUT2D eigenvalue weighted by atomic mass is 9.89. The van der Waals surface area contributed by atoms with Crippen LogP contribution in [0.25, 0.3) is 0 Å². The van der Waals surface area contributed by atoms with Crippen molar-refractivity contribution in [2.24, 2.45) is 4.99 Å². The van der Waals surface area contributed by atoms with Crippen molar-refractivity contribution in [3.8, 4) is 6.07 Å². The van der Waals surface area contributed by atoms with Crippen molar-refractivity contribution in [3.63, 3.8) is 0 Å². The molecule has 1 unspecified atom stereocenters. The first kappa shape index (κ1) is 12.1. The molecule has 92 valence electrons. The standard InChI is InChI=1S/C13H13N3O2/c1-3-18-12(17)16-9-15-11-7-5-4-6-10(11)13(16,2)8-14/h4-7,9H,3H2,1-2H3. The van der Waals surface area contributed by atoms with Crippen molar-refractivity contribution in [1.29, 1.82) is 5.26 Å². The van der Waals surface area contributed by atoms with Gasteiger partial charge in [0, 0.05) is 5.56 Å². The third kappa shape index (κ3) is 1.72. The number of carbonyl (C=O) groups excluding carboxylic acids is 1. The number of ether oxygens (including phenoxy) is 1. The summed E-state index contributed by atoms with van der Waals surface area (Å²) in [7, 11) is 0. The Balaban J connectivity index is 2.49. The van der Waals surface area contributed by atoms with E-state index < -0.39 is 11.6 Å². The first-order valence-electron chi connectivity index (χ1n) is 5.64. The Morgan fingerprint density at radius 2 is 2.28 bits per heavy atom. The fraction of sp³-hybridized carbons (Fsp3) is 0.308. The summed E-state index contributed by atoms with van der Waals surface area (Å²) in [5.41, 5.74) is 0.301. The Morgan fingerprint density at radius 3 is 2.94 bits per heavy atom. The van der Waals surface area contributed by atoms with Crippen LogP contribution in [0.15, 0.2) is 29.3 Å². The Morgan fingerprint density at radius 1 is 1.56 bits per heavy atom. The van der Waals surface area contributed by atoms with Gasteiger partial charge in [-0.3, -0.25) is 0 Å². The molecule has 1 atom stereocenters. The fourth-order valence-corrected chi connectivity index (χ4v) is 1.90. The molecule has 1 amide bonds. The van der Waals surface area contributed by atoms with Crippen LogP contribution in [0.4, 0.5) is 10.5 Å². The summed E-state index contributed by atoms with van der Waals surface area (Å²) in [6, 6.07) is 9.42. The van der Waals surface area contributed by atoms with E-state index in [0.717, 1.165) is 0 Å². The molecule has 0 N–H and O–H groups in total. The number of para-hydroxylation sites is 1. The molecule has 5 nitrogen and oxygen atoms in total. The first-order chi connectivity index (χ1) is 8.63. The zero-order valence-electron chi connectivity index (χ0n) is 10.3. The molecule has 0 saturated heterocycles. The van der Waals surface area contributed by atoms with E-state index in [2.05, 4.69) is 11.1 Å². The fourth-order valence-electron chi connectivity index (χ4n) is 1.90. The minimum absolute atomic E-state index is 0.256. The zero-order chi connectivity index (χ0) is 13.2. The number of benzene rings is 1. The molecule has 0 bridgehead atoms.